The van der Waals surface area contributed by atoms with Crippen LogP contribution in [0.15, 0.2) is 79.1 Å². The van der Waals surface area contributed by atoms with E-state index in [0.29, 0.717) is 0 Å². The van der Waals surface area contributed by atoms with Crippen molar-refractivity contribution in [3.63, 3.8) is 0 Å². The zero-order valence-electron chi connectivity index (χ0n) is 18.7. The molecule has 0 radical (unpaired) electrons. The van der Waals surface area contributed by atoms with E-state index in [0.717, 1.165) is 67.9 Å². The van der Waals surface area contributed by atoms with Crippen LogP contribution in [0.25, 0.3) is 16.8 Å². The summed E-state index contributed by atoms with van der Waals surface area (Å²) in [5, 5.41) is 7.87. The highest BCUT2D eigenvalue weighted by Gasteiger charge is 2.26. The Kier molecular flexibility index (Phi) is 6.33. The molecule has 6 nitrogen and oxygen atoms in total. The minimum absolute atomic E-state index is 0.0718. The Bertz CT molecular complexity index is 1200. The number of benzene rings is 2. The predicted octanol–water partition coefficient (Wildman–Crippen LogP) is 4.36. The number of carbonyl (C=O) groups excluding carboxylic acids is 1. The molecule has 6 heteroatoms. The summed E-state index contributed by atoms with van der Waals surface area (Å²) in [6, 6.07) is 22.7. The maximum Gasteiger partial charge on any atom is 0.223 e. The number of hydrogen-bond donors (Lipinski definition) is 1. The first kappa shape index (κ1) is 21.2. The van der Waals surface area contributed by atoms with Gasteiger partial charge in [-0.05, 0) is 37.3 Å². The van der Waals surface area contributed by atoms with Crippen molar-refractivity contribution in [3.8, 4) is 11.3 Å². The van der Waals surface area contributed by atoms with Crippen LogP contribution < -0.4 is 10.2 Å². The Balaban J connectivity index is 1.17. The first-order valence-corrected chi connectivity index (χ1v) is 11.7. The van der Waals surface area contributed by atoms with Crippen LogP contribution in [0.5, 0.6) is 0 Å². The zero-order valence-corrected chi connectivity index (χ0v) is 18.7. The fraction of sp³-hybridized carbons (Fsp3) is 0.296. The Morgan fingerprint density at radius 2 is 1.73 bits per heavy atom. The molecule has 0 unspecified atom stereocenters. The first-order chi connectivity index (χ1) is 16.3. The van der Waals surface area contributed by atoms with Gasteiger partial charge in [-0.3, -0.25) is 4.79 Å². The van der Waals surface area contributed by atoms with E-state index < -0.39 is 0 Å². The fourth-order valence-corrected chi connectivity index (χ4v) is 4.55. The fourth-order valence-electron chi connectivity index (χ4n) is 4.55. The normalized spacial score (nSPS) is 14.5. The quantitative estimate of drug-likeness (QED) is 0.435. The van der Waals surface area contributed by atoms with Gasteiger partial charge in [0.15, 0.2) is 5.82 Å². The maximum atomic E-state index is 12.7. The van der Waals surface area contributed by atoms with Crippen LogP contribution >= 0.6 is 0 Å². The number of anilines is 1. The van der Waals surface area contributed by atoms with Gasteiger partial charge in [0.25, 0.3) is 0 Å². The number of aromatic nitrogens is 3. The first-order valence-electron chi connectivity index (χ1n) is 11.7. The molecule has 1 aliphatic rings. The van der Waals surface area contributed by atoms with Crippen molar-refractivity contribution in [2.75, 3.05) is 24.5 Å². The lowest BCUT2D eigenvalue weighted by Crippen LogP contribution is -2.41. The summed E-state index contributed by atoms with van der Waals surface area (Å²) in [4.78, 5) is 19.6. The van der Waals surface area contributed by atoms with Gasteiger partial charge < -0.3 is 10.2 Å². The van der Waals surface area contributed by atoms with Crippen LogP contribution in [-0.2, 0) is 11.2 Å². The molecule has 0 saturated carbocycles. The van der Waals surface area contributed by atoms with Crippen molar-refractivity contribution >= 4 is 17.2 Å². The molecule has 0 aliphatic carbocycles. The number of rotatable bonds is 7. The second kappa shape index (κ2) is 9.86. The van der Waals surface area contributed by atoms with Gasteiger partial charge in [-0.1, -0.05) is 60.7 Å². The summed E-state index contributed by atoms with van der Waals surface area (Å²) in [6.07, 6.45) is 7.33. The van der Waals surface area contributed by atoms with E-state index in [1.165, 1.54) is 5.56 Å². The molecule has 1 amide bonds. The third-order valence-electron chi connectivity index (χ3n) is 6.39. The Hall–Kier alpha value is -3.67. The summed E-state index contributed by atoms with van der Waals surface area (Å²) < 4.78 is 1.90. The van der Waals surface area contributed by atoms with Gasteiger partial charge in [0.1, 0.15) is 5.52 Å². The van der Waals surface area contributed by atoms with Gasteiger partial charge in [0.2, 0.25) is 5.91 Å². The summed E-state index contributed by atoms with van der Waals surface area (Å²) in [7, 11) is 0. The third kappa shape index (κ3) is 4.90. The van der Waals surface area contributed by atoms with Crippen LogP contribution in [0, 0.1) is 5.92 Å². The molecular weight excluding hydrogens is 410 g/mol. The van der Waals surface area contributed by atoms with E-state index in [4.69, 9.17) is 5.10 Å². The molecule has 33 heavy (non-hydrogen) atoms. The molecular formula is C27H29N5O. The number of nitrogens with zero attached hydrogens (tertiary/aromatic N) is 4. The minimum Gasteiger partial charge on any atom is -0.356 e. The molecule has 0 bridgehead atoms. The summed E-state index contributed by atoms with van der Waals surface area (Å²) >= 11 is 0. The highest BCUT2D eigenvalue weighted by Crippen LogP contribution is 2.28. The van der Waals surface area contributed by atoms with E-state index in [1.807, 2.05) is 35.0 Å². The Morgan fingerprint density at radius 1 is 1.00 bits per heavy atom. The Morgan fingerprint density at radius 3 is 2.48 bits per heavy atom. The number of hydrogen-bond acceptors (Lipinski definition) is 4. The largest absolute Gasteiger partial charge is 0.356 e. The lowest BCUT2D eigenvalue weighted by molar-refractivity contribution is -0.125. The number of nitrogens with one attached hydrogen (secondary N) is 1. The van der Waals surface area contributed by atoms with Gasteiger partial charge in [0, 0.05) is 43.5 Å². The predicted molar refractivity (Wildman–Crippen MR) is 131 cm³/mol. The van der Waals surface area contributed by atoms with Crippen molar-refractivity contribution in [2.24, 2.45) is 5.92 Å². The molecule has 3 heterocycles. The molecule has 2 aromatic carbocycles. The van der Waals surface area contributed by atoms with Crippen LogP contribution in [0.2, 0.25) is 0 Å². The van der Waals surface area contributed by atoms with Crippen molar-refractivity contribution in [3.05, 3.63) is 84.7 Å². The van der Waals surface area contributed by atoms with Crippen molar-refractivity contribution < 1.29 is 4.79 Å². The van der Waals surface area contributed by atoms with Gasteiger partial charge in [-0.15, -0.1) is 0 Å². The van der Waals surface area contributed by atoms with Gasteiger partial charge in [-0.25, -0.2) is 9.50 Å². The van der Waals surface area contributed by atoms with Crippen LogP contribution in [-0.4, -0.2) is 40.1 Å². The Labute approximate surface area is 194 Å². The molecule has 168 valence electrons. The number of aryl methyl sites for hydroxylation is 1. The summed E-state index contributed by atoms with van der Waals surface area (Å²) in [5.41, 5.74) is 4.35. The van der Waals surface area contributed by atoms with Crippen LogP contribution in [0.1, 0.15) is 24.8 Å². The molecule has 1 N–H and O–H groups in total. The monoisotopic (exact) mass is 439 g/mol. The lowest BCUT2D eigenvalue weighted by Gasteiger charge is -2.32. The van der Waals surface area contributed by atoms with Crippen molar-refractivity contribution in [2.45, 2.75) is 25.7 Å². The highest BCUT2D eigenvalue weighted by molar-refractivity contribution is 5.79. The second-order valence-electron chi connectivity index (χ2n) is 8.62. The van der Waals surface area contributed by atoms with Crippen molar-refractivity contribution in [1.29, 1.82) is 0 Å². The molecule has 1 saturated heterocycles. The highest BCUT2D eigenvalue weighted by atomic mass is 16.1. The average Bonchev–Trinajstić information content (AvgIpc) is 3.32. The van der Waals surface area contributed by atoms with E-state index in [-0.39, 0.29) is 11.8 Å². The number of amides is 1. The minimum atomic E-state index is 0.0718. The average molecular weight is 440 g/mol. The lowest BCUT2D eigenvalue weighted by atomic mass is 9.95. The van der Waals surface area contributed by atoms with Crippen LogP contribution in [0.3, 0.4) is 0 Å². The summed E-state index contributed by atoms with van der Waals surface area (Å²) in [6.45, 7) is 2.37. The third-order valence-corrected chi connectivity index (χ3v) is 6.39. The molecule has 1 aliphatic heterocycles. The molecule has 2 aromatic heterocycles. The SMILES string of the molecule is O=C(NCCCc1ccccc1)C1CCN(c2nccn3nc(-c4ccccc4)cc23)CC1. The number of carbonyl (C=O) groups is 1. The number of fused-ring (bicyclic) bond motifs is 1. The number of piperidine rings is 1. The molecule has 4 aromatic rings. The molecule has 0 spiro atoms. The van der Waals surface area contributed by atoms with Gasteiger partial charge in [-0.2, -0.15) is 5.10 Å². The van der Waals surface area contributed by atoms with E-state index in [1.54, 1.807) is 6.20 Å². The molecule has 5 rings (SSSR count). The summed E-state index contributed by atoms with van der Waals surface area (Å²) in [5.74, 6) is 1.20. The van der Waals surface area contributed by atoms with Gasteiger partial charge in [0.05, 0.1) is 5.69 Å². The van der Waals surface area contributed by atoms with E-state index in [9.17, 15) is 4.79 Å². The van der Waals surface area contributed by atoms with Crippen molar-refractivity contribution in [1.82, 2.24) is 19.9 Å². The smallest absolute Gasteiger partial charge is 0.223 e. The zero-order chi connectivity index (χ0) is 22.5. The van der Waals surface area contributed by atoms with E-state index in [2.05, 4.69) is 57.7 Å². The topological polar surface area (TPSA) is 62.5 Å². The van der Waals surface area contributed by atoms with E-state index >= 15 is 0 Å². The standard InChI is InChI=1S/C27H29N5O/c33-27(29-15-7-10-21-8-3-1-4-9-21)23-13-17-31(18-14-23)26-25-20-24(22-11-5-2-6-12-22)30-32(25)19-16-28-26/h1-6,8-9,11-12,16,19-20,23H,7,10,13-15,17-18H2,(H,29,33). The van der Waals surface area contributed by atoms with Gasteiger partial charge >= 0.3 is 0 Å². The molecule has 0 atom stereocenters. The maximum absolute atomic E-state index is 12.7. The van der Waals surface area contributed by atoms with Crippen LogP contribution in [0.4, 0.5) is 5.82 Å². The second-order valence-corrected chi connectivity index (χ2v) is 8.62. The molecule has 1 fully saturated rings.